The third-order valence-electron chi connectivity index (χ3n) is 5.18. The normalized spacial score (nSPS) is 12.8. The van der Waals surface area contributed by atoms with Gasteiger partial charge in [-0.1, -0.05) is 0 Å². The van der Waals surface area contributed by atoms with Gasteiger partial charge in [0.15, 0.2) is 11.5 Å². The average Bonchev–Trinajstić information content (AvgIpc) is 3.12. The van der Waals surface area contributed by atoms with Crippen LogP contribution in [0.15, 0.2) is 30.3 Å². The Bertz CT molecular complexity index is 1320. The summed E-state index contributed by atoms with van der Waals surface area (Å²) in [4.78, 5) is 4.54. The number of nitrogens with two attached hydrogens (primary N) is 1. The number of nitrogens with zero attached hydrogens (tertiary/aromatic N) is 4. The maximum Gasteiger partial charge on any atom is 0.416 e. The number of aryl methyl sites for hydroxylation is 1. The number of rotatable bonds is 5. The number of hydrogen-bond acceptors (Lipinski definition) is 7. The van der Waals surface area contributed by atoms with Crippen LogP contribution in [0.1, 0.15) is 29.9 Å². The second kappa shape index (κ2) is 7.74. The Labute approximate surface area is 181 Å². The first-order valence-electron chi connectivity index (χ1n) is 9.64. The number of nitrogen functional groups attached to an aromatic ring is 1. The van der Waals surface area contributed by atoms with E-state index in [1.165, 1.54) is 20.3 Å². The van der Waals surface area contributed by atoms with E-state index in [1.807, 2.05) is 0 Å². The van der Waals surface area contributed by atoms with E-state index in [0.717, 1.165) is 12.1 Å². The van der Waals surface area contributed by atoms with E-state index in [0.29, 0.717) is 45.4 Å². The Morgan fingerprint density at radius 2 is 1.72 bits per heavy atom. The molecule has 2 aromatic carbocycles. The molecule has 0 spiro atoms. The lowest BCUT2D eigenvalue weighted by Gasteiger charge is -2.20. The number of anilines is 2. The van der Waals surface area contributed by atoms with Gasteiger partial charge in [0.25, 0.3) is 5.78 Å². The summed E-state index contributed by atoms with van der Waals surface area (Å²) in [6.45, 7) is 3.52. The third-order valence-corrected chi connectivity index (χ3v) is 5.18. The molecule has 0 fully saturated rings. The molecule has 0 aliphatic rings. The van der Waals surface area contributed by atoms with Crippen LogP contribution in [0.5, 0.6) is 11.5 Å². The molecule has 11 heteroatoms. The van der Waals surface area contributed by atoms with E-state index < -0.39 is 17.8 Å². The number of alkyl halides is 3. The van der Waals surface area contributed by atoms with E-state index >= 15 is 0 Å². The number of methoxy groups -OCH3 is 2. The van der Waals surface area contributed by atoms with Gasteiger partial charge in [0.2, 0.25) is 0 Å². The minimum Gasteiger partial charge on any atom is -0.493 e. The van der Waals surface area contributed by atoms with Crippen LogP contribution in [0.2, 0.25) is 0 Å². The van der Waals surface area contributed by atoms with E-state index in [9.17, 15) is 13.2 Å². The maximum absolute atomic E-state index is 13.2. The molecule has 0 radical (unpaired) electrons. The van der Waals surface area contributed by atoms with Gasteiger partial charge >= 0.3 is 6.18 Å². The smallest absolute Gasteiger partial charge is 0.416 e. The van der Waals surface area contributed by atoms with Crippen LogP contribution in [-0.2, 0) is 6.18 Å². The van der Waals surface area contributed by atoms with Crippen LogP contribution in [0, 0.1) is 6.92 Å². The molecule has 32 heavy (non-hydrogen) atoms. The summed E-state index contributed by atoms with van der Waals surface area (Å²) in [5, 5.41) is 12.0. The molecule has 0 amide bonds. The lowest BCUT2D eigenvalue weighted by atomic mass is 10.0. The molecule has 0 unspecified atom stereocenters. The van der Waals surface area contributed by atoms with Crippen LogP contribution in [0.25, 0.3) is 16.7 Å². The molecule has 0 bridgehead atoms. The van der Waals surface area contributed by atoms with Crippen molar-refractivity contribution in [1.29, 1.82) is 0 Å². The van der Waals surface area contributed by atoms with Crippen LogP contribution in [-0.4, -0.2) is 33.8 Å². The minimum absolute atomic E-state index is 0.0243. The highest BCUT2D eigenvalue weighted by molar-refractivity contribution is 5.94. The Morgan fingerprint density at radius 1 is 1.03 bits per heavy atom. The number of benzene rings is 2. The van der Waals surface area contributed by atoms with E-state index in [4.69, 9.17) is 15.2 Å². The van der Waals surface area contributed by atoms with Crippen molar-refractivity contribution in [3.8, 4) is 11.5 Å². The number of hydrogen-bond donors (Lipinski definition) is 2. The van der Waals surface area contributed by atoms with Crippen LogP contribution < -0.4 is 20.5 Å². The molecule has 0 saturated carbocycles. The highest BCUT2D eigenvalue weighted by Crippen LogP contribution is 2.37. The predicted octanol–water partition coefficient (Wildman–Crippen LogP) is 4.38. The molecular weight excluding hydrogens is 425 g/mol. The van der Waals surface area contributed by atoms with Crippen molar-refractivity contribution in [3.05, 3.63) is 47.3 Å². The molecule has 1 atom stereocenters. The van der Waals surface area contributed by atoms with Crippen molar-refractivity contribution in [2.24, 2.45) is 0 Å². The molecule has 0 saturated heterocycles. The predicted molar refractivity (Wildman–Crippen MR) is 114 cm³/mol. The topological polar surface area (TPSA) is 99.6 Å². The number of aromatic nitrogens is 4. The van der Waals surface area contributed by atoms with E-state index in [-0.39, 0.29) is 5.69 Å². The summed E-state index contributed by atoms with van der Waals surface area (Å²) in [5.41, 5.74) is 6.01. The van der Waals surface area contributed by atoms with Crippen LogP contribution in [0.3, 0.4) is 0 Å². The van der Waals surface area contributed by atoms with E-state index in [1.54, 1.807) is 30.4 Å². The lowest BCUT2D eigenvalue weighted by molar-refractivity contribution is -0.137. The SMILES string of the molecule is COc1cc2c(N[C@H](C)c3cc(N)cc(C(F)(F)F)c3)nc3nnc(C)n3c2cc1OC. The van der Waals surface area contributed by atoms with Gasteiger partial charge in [0.1, 0.15) is 11.6 Å². The maximum atomic E-state index is 13.2. The second-order valence-electron chi connectivity index (χ2n) is 7.32. The molecule has 8 nitrogen and oxygen atoms in total. The number of fused-ring (bicyclic) bond motifs is 3. The zero-order valence-corrected chi connectivity index (χ0v) is 17.8. The highest BCUT2D eigenvalue weighted by Gasteiger charge is 2.31. The average molecular weight is 446 g/mol. The fourth-order valence-electron chi connectivity index (χ4n) is 3.60. The molecule has 168 valence electrons. The molecule has 4 rings (SSSR count). The van der Waals surface area contributed by atoms with Gasteiger partial charge in [-0.15, -0.1) is 10.2 Å². The van der Waals surface area contributed by atoms with Crippen molar-refractivity contribution in [2.45, 2.75) is 26.1 Å². The zero-order valence-electron chi connectivity index (χ0n) is 17.8. The first-order valence-corrected chi connectivity index (χ1v) is 9.64. The molecule has 0 aliphatic carbocycles. The monoisotopic (exact) mass is 446 g/mol. The fourth-order valence-corrected chi connectivity index (χ4v) is 3.60. The van der Waals surface area contributed by atoms with Gasteiger partial charge in [-0.25, -0.2) is 0 Å². The highest BCUT2D eigenvalue weighted by atomic mass is 19.4. The molecular formula is C21H21F3N6O2. The Morgan fingerprint density at radius 3 is 2.38 bits per heavy atom. The number of nitrogens with one attached hydrogen (secondary N) is 1. The van der Waals surface area contributed by atoms with Crippen molar-refractivity contribution in [3.63, 3.8) is 0 Å². The minimum atomic E-state index is -4.50. The summed E-state index contributed by atoms with van der Waals surface area (Å²) in [5.74, 6) is 2.34. The Kier molecular flexibility index (Phi) is 5.19. The summed E-state index contributed by atoms with van der Waals surface area (Å²) < 4.78 is 52.3. The third kappa shape index (κ3) is 3.70. The molecule has 4 aromatic rings. The fraction of sp³-hybridized carbons (Fsp3) is 0.286. The summed E-state index contributed by atoms with van der Waals surface area (Å²) in [6.07, 6.45) is -4.50. The number of halogens is 3. The Balaban J connectivity index is 1.86. The Hall–Kier alpha value is -3.76. The summed E-state index contributed by atoms with van der Waals surface area (Å²) >= 11 is 0. The van der Waals surface area contributed by atoms with Crippen molar-refractivity contribution in [2.75, 3.05) is 25.3 Å². The van der Waals surface area contributed by atoms with Crippen molar-refractivity contribution >= 4 is 28.2 Å². The van der Waals surface area contributed by atoms with Gasteiger partial charge in [-0.2, -0.15) is 18.2 Å². The van der Waals surface area contributed by atoms with Gasteiger partial charge < -0.3 is 20.5 Å². The zero-order chi connectivity index (χ0) is 23.2. The molecule has 2 aromatic heterocycles. The van der Waals surface area contributed by atoms with Gasteiger partial charge in [0.05, 0.1) is 31.3 Å². The molecule has 3 N–H and O–H groups in total. The number of ether oxygens (including phenoxy) is 2. The van der Waals surface area contributed by atoms with Gasteiger partial charge in [-0.05, 0) is 43.7 Å². The largest absolute Gasteiger partial charge is 0.493 e. The van der Waals surface area contributed by atoms with Crippen molar-refractivity contribution < 1.29 is 22.6 Å². The van der Waals surface area contributed by atoms with E-state index in [2.05, 4.69) is 20.5 Å². The summed E-state index contributed by atoms with van der Waals surface area (Å²) in [7, 11) is 3.04. The quantitative estimate of drug-likeness (QED) is 0.439. The van der Waals surface area contributed by atoms with Crippen molar-refractivity contribution in [1.82, 2.24) is 19.6 Å². The van der Waals surface area contributed by atoms with Gasteiger partial charge in [-0.3, -0.25) is 4.40 Å². The van der Waals surface area contributed by atoms with Crippen LogP contribution >= 0.6 is 0 Å². The molecule has 0 aliphatic heterocycles. The first-order chi connectivity index (χ1) is 15.1. The second-order valence-corrected chi connectivity index (χ2v) is 7.32. The summed E-state index contributed by atoms with van der Waals surface area (Å²) in [6, 6.07) is 6.45. The van der Waals surface area contributed by atoms with Gasteiger partial charge in [0, 0.05) is 17.1 Å². The molecule has 2 heterocycles. The lowest BCUT2D eigenvalue weighted by Crippen LogP contribution is -2.13. The first kappa shape index (κ1) is 21.5. The standard InChI is InChI=1S/C21H21F3N6O2/c1-10(12-5-13(21(22,23)24)7-14(25)6-12)26-19-15-8-17(31-3)18(32-4)9-16(15)30-11(2)28-29-20(30)27-19/h5-10H,25H2,1-4H3,(H,26,27,29)/t10-/m1/s1. The van der Waals surface area contributed by atoms with Crippen LogP contribution in [0.4, 0.5) is 24.7 Å².